The number of carbonyl (C=O) groups is 4. The lowest BCUT2D eigenvalue weighted by Crippen LogP contribution is -2.36. The second-order valence-corrected chi connectivity index (χ2v) is 9.76. The Morgan fingerprint density at radius 3 is 1.45 bits per heavy atom. The van der Waals surface area contributed by atoms with Crippen molar-refractivity contribution in [1.82, 2.24) is 0 Å². The zero-order chi connectivity index (χ0) is 29.8. The number of carbonyl (C=O) groups excluding carboxylic acids is 4. The zero-order valence-corrected chi connectivity index (χ0v) is 22.3. The van der Waals surface area contributed by atoms with Gasteiger partial charge in [0.2, 0.25) is 0 Å². The summed E-state index contributed by atoms with van der Waals surface area (Å²) in [6, 6.07) is 4.43. The summed E-state index contributed by atoms with van der Waals surface area (Å²) < 4.78 is 79.3. The molecule has 0 aliphatic rings. The molecule has 0 spiro atoms. The molecule has 0 saturated carbocycles. The molecule has 208 valence electrons. The Bertz CT molecular complexity index is 1230. The van der Waals surface area contributed by atoms with Crippen molar-refractivity contribution in [1.29, 1.82) is 0 Å². The van der Waals surface area contributed by atoms with Crippen LogP contribution in [-0.2, 0) is 26.7 Å². The van der Waals surface area contributed by atoms with E-state index in [-0.39, 0.29) is 16.1 Å². The summed E-state index contributed by atoms with van der Waals surface area (Å²) in [6.45, 7) is 5.68. The van der Waals surface area contributed by atoms with Crippen LogP contribution in [0.15, 0.2) is 36.4 Å². The minimum atomic E-state index is -4.63. The Morgan fingerprint density at radius 2 is 1.16 bits per heavy atom. The molecule has 2 aromatic carbocycles. The number of benzene rings is 2. The number of hydrogen-bond acceptors (Lipinski definition) is 5. The van der Waals surface area contributed by atoms with Gasteiger partial charge in [-0.05, 0) is 75.7 Å². The summed E-state index contributed by atoms with van der Waals surface area (Å²) in [7, 11) is 0. The summed E-state index contributed by atoms with van der Waals surface area (Å²) in [6.07, 6.45) is -9.10. The summed E-state index contributed by atoms with van der Waals surface area (Å²) in [5, 5.41) is -1.69. The van der Waals surface area contributed by atoms with Gasteiger partial charge >= 0.3 is 18.3 Å². The minimum absolute atomic E-state index is 0.138. The lowest BCUT2D eigenvalue weighted by Gasteiger charge is -2.22. The first-order valence-corrected chi connectivity index (χ1v) is 11.4. The normalized spacial score (nSPS) is 12.7. The van der Waals surface area contributed by atoms with Gasteiger partial charge in [-0.1, -0.05) is 23.2 Å². The predicted octanol–water partition coefficient (Wildman–Crippen LogP) is 7.83. The van der Waals surface area contributed by atoms with Gasteiger partial charge in [0.15, 0.2) is 17.5 Å². The number of esters is 1. The Kier molecular flexibility index (Phi) is 11.0. The van der Waals surface area contributed by atoms with E-state index in [0.717, 1.165) is 25.1 Å². The molecule has 14 heteroatoms. The molecule has 2 rings (SSSR count). The van der Waals surface area contributed by atoms with Crippen LogP contribution in [0.4, 0.5) is 26.3 Å². The maximum Gasteiger partial charge on any atom is 0.416 e. The Morgan fingerprint density at radius 1 is 0.763 bits per heavy atom. The number of ether oxygens (including phenoxy) is 1. The molecule has 0 saturated heterocycles. The van der Waals surface area contributed by atoms with Crippen LogP contribution in [0.25, 0.3) is 0 Å². The first-order valence-electron chi connectivity index (χ1n) is 10.3. The summed E-state index contributed by atoms with van der Waals surface area (Å²) in [4.78, 5) is 46.8. The Hall–Kier alpha value is -2.63. The van der Waals surface area contributed by atoms with E-state index in [1.165, 1.54) is 0 Å². The van der Waals surface area contributed by atoms with Crippen molar-refractivity contribution < 1.29 is 50.3 Å². The summed E-state index contributed by atoms with van der Waals surface area (Å²) in [5.74, 6) is -4.64. The average molecular weight is 608 g/mol. The van der Waals surface area contributed by atoms with Gasteiger partial charge in [-0.25, -0.2) is 0 Å². The molecule has 0 fully saturated rings. The maximum atomic E-state index is 12.6. The molecule has 0 amide bonds. The molecule has 0 radical (unpaired) electrons. The van der Waals surface area contributed by atoms with Gasteiger partial charge in [-0.2, -0.15) is 26.3 Å². The van der Waals surface area contributed by atoms with Gasteiger partial charge < -0.3 is 4.74 Å². The topological polar surface area (TPSA) is 77.5 Å². The number of rotatable bonds is 5. The third kappa shape index (κ3) is 9.59. The van der Waals surface area contributed by atoms with Crippen molar-refractivity contribution in [3.8, 4) is 0 Å². The van der Waals surface area contributed by atoms with Crippen LogP contribution in [0, 0.1) is 5.92 Å². The van der Waals surface area contributed by atoms with Crippen LogP contribution in [0.5, 0.6) is 0 Å². The standard InChI is InChI=1S/C16H16ClF3O4.C8H3Cl2F3O/c1-8(21)12(14(23)24-15(2,3)4)13(22)10-6-5-9(7-11(10)17)16(18,19)20;9-6-3-4(8(11,12)13)1-2-5(6)7(10)14/h5-7,12H,1-4H3;1-3H. The highest BCUT2D eigenvalue weighted by Crippen LogP contribution is 2.34. The molecule has 0 bridgehead atoms. The van der Waals surface area contributed by atoms with E-state index < -0.39 is 62.8 Å². The first-order chi connectivity index (χ1) is 17.1. The fraction of sp³-hybridized carbons (Fsp3) is 0.333. The molecule has 5 nitrogen and oxygen atoms in total. The molecule has 0 heterocycles. The van der Waals surface area contributed by atoms with Crippen LogP contribution in [0.1, 0.15) is 59.5 Å². The van der Waals surface area contributed by atoms with Gasteiger partial charge in [0.05, 0.1) is 26.7 Å². The third-order valence-electron chi connectivity index (χ3n) is 4.38. The second kappa shape index (κ2) is 12.5. The fourth-order valence-corrected chi connectivity index (χ4v) is 3.47. The van der Waals surface area contributed by atoms with Crippen LogP contribution in [0.2, 0.25) is 10.0 Å². The molecular weight excluding hydrogens is 589 g/mol. The summed E-state index contributed by atoms with van der Waals surface area (Å²) >= 11 is 16.2. The lowest BCUT2D eigenvalue weighted by molar-refractivity contribution is -0.159. The molecule has 0 aliphatic heterocycles. The van der Waals surface area contributed by atoms with Gasteiger partial charge in [0.1, 0.15) is 5.60 Å². The van der Waals surface area contributed by atoms with Crippen molar-refractivity contribution in [2.24, 2.45) is 5.92 Å². The second-order valence-electron chi connectivity index (χ2n) is 8.60. The smallest absolute Gasteiger partial charge is 0.416 e. The highest BCUT2D eigenvalue weighted by molar-refractivity contribution is 6.68. The van der Waals surface area contributed by atoms with E-state index in [0.29, 0.717) is 18.2 Å². The largest absolute Gasteiger partial charge is 0.459 e. The van der Waals surface area contributed by atoms with Crippen molar-refractivity contribution in [3.05, 3.63) is 68.7 Å². The van der Waals surface area contributed by atoms with Gasteiger partial charge in [-0.3, -0.25) is 19.2 Å². The first kappa shape index (κ1) is 33.4. The Labute approximate surface area is 228 Å². The number of ketones is 2. The number of hydrogen-bond donors (Lipinski definition) is 0. The number of halogens is 9. The van der Waals surface area contributed by atoms with Crippen LogP contribution in [-0.4, -0.2) is 28.4 Å². The number of Topliss-reactive ketones (excluding diaryl/α,β-unsaturated/α-hetero) is 2. The molecule has 38 heavy (non-hydrogen) atoms. The molecule has 0 aliphatic carbocycles. The number of alkyl halides is 6. The van der Waals surface area contributed by atoms with E-state index in [9.17, 15) is 45.5 Å². The van der Waals surface area contributed by atoms with Gasteiger partial charge in [-0.15, -0.1) is 0 Å². The van der Waals surface area contributed by atoms with Crippen LogP contribution in [0.3, 0.4) is 0 Å². The summed E-state index contributed by atoms with van der Waals surface area (Å²) in [5.41, 5.74) is -3.38. The van der Waals surface area contributed by atoms with Crippen molar-refractivity contribution >= 4 is 57.6 Å². The molecule has 2 aromatic rings. The van der Waals surface area contributed by atoms with E-state index in [2.05, 4.69) is 0 Å². The van der Waals surface area contributed by atoms with Crippen molar-refractivity contribution in [2.45, 2.75) is 45.6 Å². The molecule has 1 unspecified atom stereocenters. The van der Waals surface area contributed by atoms with E-state index in [1.807, 2.05) is 0 Å². The van der Waals surface area contributed by atoms with Crippen LogP contribution >= 0.6 is 34.8 Å². The van der Waals surface area contributed by atoms with Crippen LogP contribution < -0.4 is 0 Å². The van der Waals surface area contributed by atoms with Gasteiger partial charge in [0, 0.05) is 5.56 Å². The van der Waals surface area contributed by atoms with E-state index >= 15 is 0 Å². The molecule has 0 N–H and O–H groups in total. The molecular formula is C24H19Cl3F6O5. The lowest BCUT2D eigenvalue weighted by atomic mass is 9.93. The van der Waals surface area contributed by atoms with Crippen molar-refractivity contribution in [3.63, 3.8) is 0 Å². The third-order valence-corrected chi connectivity index (χ3v) is 5.21. The van der Waals surface area contributed by atoms with Gasteiger partial charge in [0.25, 0.3) is 5.24 Å². The maximum absolute atomic E-state index is 12.6. The quantitative estimate of drug-likeness (QED) is 0.114. The average Bonchev–Trinajstić information content (AvgIpc) is 2.70. The SMILES string of the molecule is CC(=O)C(C(=O)OC(C)(C)C)C(=O)c1ccc(C(F)(F)F)cc1Cl.O=C(Cl)c1ccc(C(F)(F)F)cc1Cl. The highest BCUT2D eigenvalue weighted by Gasteiger charge is 2.38. The zero-order valence-electron chi connectivity index (χ0n) is 20.0. The minimum Gasteiger partial charge on any atom is -0.459 e. The molecule has 0 aromatic heterocycles. The predicted molar refractivity (Wildman–Crippen MR) is 127 cm³/mol. The van der Waals surface area contributed by atoms with Crippen molar-refractivity contribution in [2.75, 3.05) is 0 Å². The highest BCUT2D eigenvalue weighted by atomic mass is 35.5. The molecule has 1 atom stereocenters. The van der Waals surface area contributed by atoms with E-state index in [1.54, 1.807) is 20.8 Å². The Balaban J connectivity index is 0.000000437. The monoisotopic (exact) mass is 606 g/mol. The van der Waals surface area contributed by atoms with E-state index in [4.69, 9.17) is 39.5 Å². The fourth-order valence-electron chi connectivity index (χ4n) is 2.72.